The third kappa shape index (κ3) is 6.27. The average Bonchev–Trinajstić information content (AvgIpc) is 2.32. The summed E-state index contributed by atoms with van der Waals surface area (Å²) < 4.78 is 5.63. The highest BCUT2D eigenvalue weighted by molar-refractivity contribution is 5.66. The molecule has 1 aromatic rings. The van der Waals surface area contributed by atoms with Crippen LogP contribution in [0.4, 0.5) is 0 Å². The summed E-state index contributed by atoms with van der Waals surface area (Å²) in [6.45, 7) is 7.20. The highest BCUT2D eigenvalue weighted by Crippen LogP contribution is 2.24. The maximum Gasteiger partial charge on any atom is 0.303 e. The Morgan fingerprint density at radius 1 is 1.11 bits per heavy atom. The van der Waals surface area contributed by atoms with Gasteiger partial charge in [-0.3, -0.25) is 4.79 Å². The molecule has 0 saturated carbocycles. The molecule has 0 heterocycles. The van der Waals surface area contributed by atoms with E-state index in [-0.39, 0.29) is 11.8 Å². The Labute approximate surface area is 115 Å². The summed E-state index contributed by atoms with van der Waals surface area (Å²) in [6, 6.07) is 8.19. The number of aliphatic carboxylic acids is 1. The van der Waals surface area contributed by atoms with E-state index >= 15 is 0 Å². The van der Waals surface area contributed by atoms with Gasteiger partial charge in [-0.05, 0) is 42.4 Å². The Bertz CT molecular complexity index is 387. The summed E-state index contributed by atoms with van der Waals surface area (Å²) in [4.78, 5) is 10.3. The van der Waals surface area contributed by atoms with E-state index in [4.69, 9.17) is 9.84 Å². The van der Waals surface area contributed by atoms with Crippen molar-refractivity contribution in [1.29, 1.82) is 0 Å². The zero-order chi connectivity index (χ0) is 14.3. The summed E-state index contributed by atoms with van der Waals surface area (Å²) in [5.74, 6) is 0.157. The predicted octanol–water partition coefficient (Wildman–Crippen LogP) is 4.01. The Balaban J connectivity index is 2.25. The lowest BCUT2D eigenvalue weighted by Gasteiger charge is -2.19. The van der Waals surface area contributed by atoms with E-state index in [1.807, 2.05) is 12.1 Å². The van der Waals surface area contributed by atoms with Gasteiger partial charge in [-0.1, -0.05) is 32.9 Å². The minimum absolute atomic E-state index is 0.162. The van der Waals surface area contributed by atoms with Gasteiger partial charge in [0.15, 0.2) is 0 Å². The zero-order valence-corrected chi connectivity index (χ0v) is 12.1. The molecule has 0 amide bonds. The van der Waals surface area contributed by atoms with Crippen LogP contribution in [0.15, 0.2) is 24.3 Å². The SMILES string of the molecule is CC(C)(C)c1ccc(OCCCCCC(=O)O)cc1. The second-order valence-electron chi connectivity index (χ2n) is 5.83. The van der Waals surface area contributed by atoms with Crippen molar-refractivity contribution in [2.45, 2.75) is 51.9 Å². The second-order valence-corrected chi connectivity index (χ2v) is 5.83. The van der Waals surface area contributed by atoms with E-state index in [1.165, 1.54) is 5.56 Å². The molecular weight excluding hydrogens is 240 g/mol. The summed E-state index contributed by atoms with van der Waals surface area (Å²) >= 11 is 0. The monoisotopic (exact) mass is 264 g/mol. The summed E-state index contributed by atoms with van der Waals surface area (Å²) in [6.07, 6.45) is 2.77. The number of ether oxygens (including phenoxy) is 1. The van der Waals surface area contributed by atoms with Crippen LogP contribution in [0.5, 0.6) is 5.75 Å². The van der Waals surface area contributed by atoms with Crippen molar-refractivity contribution in [1.82, 2.24) is 0 Å². The minimum atomic E-state index is -0.723. The standard InChI is InChI=1S/C16H24O3/c1-16(2,3)13-8-10-14(11-9-13)19-12-6-4-5-7-15(17)18/h8-11H,4-7,12H2,1-3H3,(H,17,18). The largest absolute Gasteiger partial charge is 0.494 e. The van der Waals surface area contributed by atoms with Gasteiger partial charge >= 0.3 is 5.97 Å². The molecule has 0 aliphatic carbocycles. The van der Waals surface area contributed by atoms with Crippen molar-refractivity contribution in [2.24, 2.45) is 0 Å². The first-order valence-electron chi connectivity index (χ1n) is 6.85. The smallest absolute Gasteiger partial charge is 0.303 e. The number of carbonyl (C=O) groups is 1. The lowest BCUT2D eigenvalue weighted by atomic mass is 9.87. The Morgan fingerprint density at radius 3 is 2.26 bits per heavy atom. The molecule has 0 bridgehead atoms. The van der Waals surface area contributed by atoms with Gasteiger partial charge in [0.1, 0.15) is 5.75 Å². The number of unbranched alkanes of at least 4 members (excludes halogenated alkanes) is 2. The maximum absolute atomic E-state index is 10.3. The molecule has 0 fully saturated rings. The first-order chi connectivity index (χ1) is 8.89. The van der Waals surface area contributed by atoms with E-state index in [9.17, 15) is 4.79 Å². The van der Waals surface area contributed by atoms with Crippen molar-refractivity contribution >= 4 is 5.97 Å². The van der Waals surface area contributed by atoms with Crippen LogP contribution in [0, 0.1) is 0 Å². The Hall–Kier alpha value is -1.51. The second kappa shape index (κ2) is 7.17. The molecule has 0 spiro atoms. The predicted molar refractivity (Wildman–Crippen MR) is 76.7 cm³/mol. The molecule has 106 valence electrons. The summed E-state index contributed by atoms with van der Waals surface area (Å²) in [5, 5.41) is 8.51. The third-order valence-corrected chi connectivity index (χ3v) is 3.02. The molecule has 1 aromatic carbocycles. The molecule has 19 heavy (non-hydrogen) atoms. The number of hydrogen-bond acceptors (Lipinski definition) is 2. The molecule has 0 aliphatic heterocycles. The van der Waals surface area contributed by atoms with Gasteiger partial charge in [-0.25, -0.2) is 0 Å². The van der Waals surface area contributed by atoms with E-state index < -0.39 is 5.97 Å². The van der Waals surface area contributed by atoms with Crippen LogP contribution in [0.3, 0.4) is 0 Å². The molecule has 0 saturated heterocycles. The first kappa shape index (κ1) is 15.5. The van der Waals surface area contributed by atoms with Crippen LogP contribution in [-0.4, -0.2) is 17.7 Å². The highest BCUT2D eigenvalue weighted by atomic mass is 16.5. The number of rotatable bonds is 7. The molecule has 0 unspecified atom stereocenters. The van der Waals surface area contributed by atoms with Crippen LogP contribution in [-0.2, 0) is 10.2 Å². The van der Waals surface area contributed by atoms with Crippen LogP contribution < -0.4 is 4.74 Å². The number of hydrogen-bond donors (Lipinski definition) is 1. The van der Waals surface area contributed by atoms with Gasteiger partial charge in [0.05, 0.1) is 6.61 Å². The van der Waals surface area contributed by atoms with Crippen molar-refractivity contribution in [3.05, 3.63) is 29.8 Å². The van der Waals surface area contributed by atoms with Gasteiger partial charge in [-0.2, -0.15) is 0 Å². The molecule has 1 rings (SSSR count). The Kier molecular flexibility index (Phi) is 5.87. The van der Waals surface area contributed by atoms with Crippen LogP contribution in [0.1, 0.15) is 52.0 Å². The summed E-state index contributed by atoms with van der Waals surface area (Å²) in [7, 11) is 0. The molecule has 1 N–H and O–H groups in total. The van der Waals surface area contributed by atoms with E-state index in [1.54, 1.807) is 0 Å². The third-order valence-electron chi connectivity index (χ3n) is 3.02. The summed E-state index contributed by atoms with van der Waals surface area (Å²) in [5.41, 5.74) is 1.45. The maximum atomic E-state index is 10.3. The zero-order valence-electron chi connectivity index (χ0n) is 12.1. The molecule has 3 heteroatoms. The first-order valence-corrected chi connectivity index (χ1v) is 6.85. The van der Waals surface area contributed by atoms with Crippen molar-refractivity contribution in [3.8, 4) is 5.75 Å². The molecule has 0 aliphatic rings. The van der Waals surface area contributed by atoms with Gasteiger partial charge in [0, 0.05) is 6.42 Å². The van der Waals surface area contributed by atoms with Crippen molar-refractivity contribution in [2.75, 3.05) is 6.61 Å². The van der Waals surface area contributed by atoms with E-state index in [2.05, 4.69) is 32.9 Å². The van der Waals surface area contributed by atoms with Crippen LogP contribution >= 0.6 is 0 Å². The van der Waals surface area contributed by atoms with Crippen molar-refractivity contribution < 1.29 is 14.6 Å². The minimum Gasteiger partial charge on any atom is -0.494 e. The van der Waals surface area contributed by atoms with Gasteiger partial charge in [0.25, 0.3) is 0 Å². The molecular formula is C16H24O3. The van der Waals surface area contributed by atoms with Crippen molar-refractivity contribution in [3.63, 3.8) is 0 Å². The fourth-order valence-corrected chi connectivity index (χ4v) is 1.80. The van der Waals surface area contributed by atoms with E-state index in [0.717, 1.165) is 25.0 Å². The fraction of sp³-hybridized carbons (Fsp3) is 0.562. The highest BCUT2D eigenvalue weighted by Gasteiger charge is 2.12. The quantitative estimate of drug-likeness (QED) is 0.757. The number of benzene rings is 1. The van der Waals surface area contributed by atoms with E-state index in [0.29, 0.717) is 6.61 Å². The average molecular weight is 264 g/mol. The van der Waals surface area contributed by atoms with Gasteiger partial charge in [0.2, 0.25) is 0 Å². The normalized spacial score (nSPS) is 11.3. The lowest BCUT2D eigenvalue weighted by molar-refractivity contribution is -0.137. The van der Waals surface area contributed by atoms with Crippen LogP contribution in [0.2, 0.25) is 0 Å². The molecule has 0 aromatic heterocycles. The van der Waals surface area contributed by atoms with Gasteiger partial charge in [-0.15, -0.1) is 0 Å². The number of carboxylic acids is 1. The van der Waals surface area contributed by atoms with Crippen LogP contribution in [0.25, 0.3) is 0 Å². The molecule has 0 radical (unpaired) electrons. The topological polar surface area (TPSA) is 46.5 Å². The molecule has 0 atom stereocenters. The fourth-order valence-electron chi connectivity index (χ4n) is 1.80. The lowest BCUT2D eigenvalue weighted by Crippen LogP contribution is -2.10. The Morgan fingerprint density at radius 2 is 1.74 bits per heavy atom. The molecule has 3 nitrogen and oxygen atoms in total. The van der Waals surface area contributed by atoms with Gasteiger partial charge < -0.3 is 9.84 Å². The number of carboxylic acid groups (broad SMARTS) is 1.